The smallest absolute Gasteiger partial charge is 0.322 e. The molecule has 5 heteroatoms. The van der Waals surface area contributed by atoms with Gasteiger partial charge in [0, 0.05) is 11.3 Å². The molecule has 0 heterocycles. The minimum atomic E-state index is -4.41. The average molecular weight is 321 g/mol. The van der Waals surface area contributed by atoms with Crippen LogP contribution in [0.5, 0.6) is 0 Å². The molecular formula is C18H18F3NO. The molecule has 1 amide bonds. The number of carbonyl (C=O) groups is 1. The van der Waals surface area contributed by atoms with Gasteiger partial charge in [0.05, 0.1) is 5.56 Å². The molecule has 0 unspecified atom stereocenters. The van der Waals surface area contributed by atoms with Crippen LogP contribution in [0.1, 0.15) is 42.3 Å². The number of hydrogen-bond acceptors (Lipinski definition) is 1. The summed E-state index contributed by atoms with van der Waals surface area (Å²) in [7, 11) is 0. The average Bonchev–Trinajstić information content (AvgIpc) is 2.46. The summed E-state index contributed by atoms with van der Waals surface area (Å²) in [5.41, 5.74) is 0.861. The Hall–Kier alpha value is -2.30. The highest BCUT2D eigenvalue weighted by molar-refractivity contribution is 6.04. The van der Waals surface area contributed by atoms with Crippen molar-refractivity contribution in [3.8, 4) is 0 Å². The van der Waals surface area contributed by atoms with Crippen molar-refractivity contribution in [3.63, 3.8) is 0 Å². The molecule has 0 atom stereocenters. The van der Waals surface area contributed by atoms with Crippen LogP contribution < -0.4 is 5.32 Å². The first-order valence-electron chi connectivity index (χ1n) is 7.17. The summed E-state index contributed by atoms with van der Waals surface area (Å²) < 4.78 is 37.7. The van der Waals surface area contributed by atoms with Gasteiger partial charge in [0.15, 0.2) is 0 Å². The van der Waals surface area contributed by atoms with E-state index in [0.29, 0.717) is 5.69 Å². The minimum Gasteiger partial charge on any atom is -0.322 e. The fourth-order valence-electron chi connectivity index (χ4n) is 2.25. The van der Waals surface area contributed by atoms with Crippen molar-refractivity contribution >= 4 is 11.6 Å². The van der Waals surface area contributed by atoms with E-state index in [-0.39, 0.29) is 11.0 Å². The third-order valence-corrected chi connectivity index (χ3v) is 3.46. The molecule has 0 saturated heterocycles. The maximum atomic E-state index is 12.6. The Morgan fingerprint density at radius 2 is 1.48 bits per heavy atom. The van der Waals surface area contributed by atoms with Crippen LogP contribution in [0.3, 0.4) is 0 Å². The van der Waals surface area contributed by atoms with Crippen LogP contribution in [0.15, 0.2) is 48.5 Å². The third-order valence-electron chi connectivity index (χ3n) is 3.46. The van der Waals surface area contributed by atoms with Gasteiger partial charge in [0.2, 0.25) is 0 Å². The van der Waals surface area contributed by atoms with Gasteiger partial charge in [-0.1, -0.05) is 39.0 Å². The van der Waals surface area contributed by atoms with E-state index in [1.807, 2.05) is 32.9 Å². The Labute approximate surface area is 133 Å². The second-order valence-electron chi connectivity index (χ2n) is 6.32. The van der Waals surface area contributed by atoms with E-state index < -0.39 is 17.6 Å². The number of amides is 1. The third kappa shape index (κ3) is 4.12. The molecule has 23 heavy (non-hydrogen) atoms. The van der Waals surface area contributed by atoms with Gasteiger partial charge >= 0.3 is 6.18 Å². The van der Waals surface area contributed by atoms with E-state index in [9.17, 15) is 18.0 Å². The van der Waals surface area contributed by atoms with Gasteiger partial charge in [-0.25, -0.2) is 0 Å². The molecule has 0 saturated carbocycles. The molecule has 2 nitrogen and oxygen atoms in total. The van der Waals surface area contributed by atoms with Gasteiger partial charge < -0.3 is 5.32 Å². The molecule has 0 aliphatic carbocycles. The summed E-state index contributed by atoms with van der Waals surface area (Å²) in [5, 5.41) is 2.77. The Bertz CT molecular complexity index is 697. The fourth-order valence-corrected chi connectivity index (χ4v) is 2.25. The Morgan fingerprint density at radius 3 is 2.00 bits per heavy atom. The zero-order valence-electron chi connectivity index (χ0n) is 13.2. The summed E-state index contributed by atoms with van der Waals surface area (Å²) in [4.78, 5) is 12.3. The minimum absolute atomic E-state index is 0.163. The van der Waals surface area contributed by atoms with Gasteiger partial charge in [-0.15, -0.1) is 0 Å². The molecule has 1 N–H and O–H groups in total. The van der Waals surface area contributed by atoms with Crippen molar-refractivity contribution < 1.29 is 18.0 Å². The Kier molecular flexibility index (Phi) is 4.50. The lowest BCUT2D eigenvalue weighted by Gasteiger charge is -2.23. The SMILES string of the molecule is CC(C)(C)c1ccccc1NC(=O)c1ccc(C(F)(F)F)cc1. The van der Waals surface area contributed by atoms with E-state index in [1.165, 1.54) is 12.1 Å². The van der Waals surface area contributed by atoms with Crippen LogP contribution in [-0.2, 0) is 11.6 Å². The van der Waals surface area contributed by atoms with Crippen molar-refractivity contribution in [1.29, 1.82) is 0 Å². The van der Waals surface area contributed by atoms with E-state index in [2.05, 4.69) is 5.32 Å². The summed E-state index contributed by atoms with van der Waals surface area (Å²) >= 11 is 0. The maximum absolute atomic E-state index is 12.6. The maximum Gasteiger partial charge on any atom is 0.416 e. The summed E-state index contributed by atoms with van der Waals surface area (Å²) in [5.74, 6) is -0.435. The quantitative estimate of drug-likeness (QED) is 0.803. The highest BCUT2D eigenvalue weighted by Gasteiger charge is 2.30. The van der Waals surface area contributed by atoms with E-state index in [4.69, 9.17) is 0 Å². The molecule has 0 aromatic heterocycles. The van der Waals surface area contributed by atoms with Gasteiger partial charge in [-0.05, 0) is 41.3 Å². The van der Waals surface area contributed by atoms with Gasteiger partial charge in [0.25, 0.3) is 5.91 Å². The number of rotatable bonds is 2. The summed E-state index contributed by atoms with van der Waals surface area (Å²) in [6.45, 7) is 6.07. The number of nitrogens with one attached hydrogen (secondary N) is 1. The first kappa shape index (κ1) is 17.1. The molecular weight excluding hydrogens is 303 g/mol. The number of para-hydroxylation sites is 1. The number of benzene rings is 2. The highest BCUT2D eigenvalue weighted by Crippen LogP contribution is 2.31. The van der Waals surface area contributed by atoms with E-state index in [0.717, 1.165) is 17.7 Å². The van der Waals surface area contributed by atoms with Crippen molar-refractivity contribution in [2.75, 3.05) is 5.32 Å². The van der Waals surface area contributed by atoms with Crippen LogP contribution in [0.25, 0.3) is 0 Å². The van der Waals surface area contributed by atoms with Crippen LogP contribution in [0, 0.1) is 0 Å². The van der Waals surface area contributed by atoms with Gasteiger partial charge in [-0.3, -0.25) is 4.79 Å². The van der Waals surface area contributed by atoms with E-state index >= 15 is 0 Å². The van der Waals surface area contributed by atoms with Gasteiger partial charge in [-0.2, -0.15) is 13.2 Å². The number of anilines is 1. The monoisotopic (exact) mass is 321 g/mol. The molecule has 0 aliphatic heterocycles. The van der Waals surface area contributed by atoms with Crippen molar-refractivity contribution in [3.05, 3.63) is 65.2 Å². The van der Waals surface area contributed by atoms with Crippen LogP contribution in [0.4, 0.5) is 18.9 Å². The second kappa shape index (κ2) is 6.07. The molecule has 2 rings (SSSR count). The molecule has 122 valence electrons. The number of carbonyl (C=O) groups excluding carboxylic acids is 1. The molecule has 0 fully saturated rings. The number of hydrogen-bond donors (Lipinski definition) is 1. The molecule has 2 aromatic carbocycles. The molecule has 0 spiro atoms. The molecule has 0 bridgehead atoms. The predicted octanol–water partition coefficient (Wildman–Crippen LogP) is 5.26. The first-order chi connectivity index (χ1) is 10.6. The largest absolute Gasteiger partial charge is 0.416 e. The molecule has 0 aliphatic rings. The first-order valence-corrected chi connectivity index (χ1v) is 7.17. The topological polar surface area (TPSA) is 29.1 Å². The van der Waals surface area contributed by atoms with Gasteiger partial charge in [0.1, 0.15) is 0 Å². The van der Waals surface area contributed by atoms with Crippen molar-refractivity contribution in [2.24, 2.45) is 0 Å². The lowest BCUT2D eigenvalue weighted by molar-refractivity contribution is -0.137. The Morgan fingerprint density at radius 1 is 0.913 bits per heavy atom. The van der Waals surface area contributed by atoms with E-state index in [1.54, 1.807) is 12.1 Å². The predicted molar refractivity (Wildman–Crippen MR) is 84.5 cm³/mol. The highest BCUT2D eigenvalue weighted by atomic mass is 19.4. The second-order valence-corrected chi connectivity index (χ2v) is 6.32. The van der Waals surface area contributed by atoms with Crippen LogP contribution in [0.2, 0.25) is 0 Å². The lowest BCUT2D eigenvalue weighted by Crippen LogP contribution is -2.18. The summed E-state index contributed by atoms with van der Waals surface area (Å²) in [6, 6.07) is 11.6. The number of alkyl halides is 3. The molecule has 2 aromatic rings. The normalized spacial score (nSPS) is 12.1. The van der Waals surface area contributed by atoms with Crippen molar-refractivity contribution in [2.45, 2.75) is 32.4 Å². The van der Waals surface area contributed by atoms with Crippen LogP contribution >= 0.6 is 0 Å². The standard InChI is InChI=1S/C18H18F3NO/c1-17(2,3)14-6-4-5-7-15(14)22-16(23)12-8-10-13(11-9-12)18(19,20)21/h4-11H,1-3H3,(H,22,23). The zero-order chi connectivity index (χ0) is 17.3. The van der Waals surface area contributed by atoms with Crippen LogP contribution in [-0.4, -0.2) is 5.91 Å². The fraction of sp³-hybridized carbons (Fsp3) is 0.278. The molecule has 0 radical (unpaired) electrons. The number of halogens is 3. The Balaban J connectivity index is 2.24. The van der Waals surface area contributed by atoms with Crippen molar-refractivity contribution in [1.82, 2.24) is 0 Å². The zero-order valence-corrected chi connectivity index (χ0v) is 13.2. The lowest BCUT2D eigenvalue weighted by atomic mass is 9.86. The summed E-state index contributed by atoms with van der Waals surface area (Å²) in [6.07, 6.45) is -4.41.